The minimum Gasteiger partial charge on any atom is -0.192 e. The van der Waals surface area contributed by atoms with E-state index in [1.807, 2.05) is 18.2 Å². The summed E-state index contributed by atoms with van der Waals surface area (Å²) in [6, 6.07) is 16.4. The Morgan fingerprint density at radius 2 is 1.81 bits per heavy atom. The zero-order valence-electron chi connectivity index (χ0n) is 16.3. The van der Waals surface area contributed by atoms with Crippen LogP contribution < -0.4 is 0 Å². The zero-order valence-corrected chi connectivity index (χ0v) is 17.0. The smallest absolute Gasteiger partial charge is 0.0991 e. The van der Waals surface area contributed by atoms with Crippen LogP contribution in [0.15, 0.2) is 48.0 Å². The monoisotopic (exact) mass is 365 g/mol. The maximum atomic E-state index is 9.02. The summed E-state index contributed by atoms with van der Waals surface area (Å²) in [7, 11) is 0. The van der Waals surface area contributed by atoms with E-state index in [-0.39, 0.29) is 0 Å². The number of hydrogen-bond donors (Lipinski definition) is 0. The van der Waals surface area contributed by atoms with Gasteiger partial charge in [0, 0.05) is 10.9 Å². The Morgan fingerprint density at radius 3 is 2.38 bits per heavy atom. The second-order valence-corrected chi connectivity index (χ2v) is 7.31. The molecule has 2 aromatic carbocycles. The molecule has 0 saturated carbocycles. The number of nitrogens with zero attached hydrogens (tertiary/aromatic N) is 1. The molecule has 0 bridgehead atoms. The van der Waals surface area contributed by atoms with Gasteiger partial charge in [0.25, 0.3) is 0 Å². The Morgan fingerprint density at radius 1 is 1.12 bits per heavy atom. The second kappa shape index (κ2) is 9.60. The Labute approximate surface area is 163 Å². The minimum absolute atomic E-state index is 0.304. The van der Waals surface area contributed by atoms with Gasteiger partial charge >= 0.3 is 0 Å². The van der Waals surface area contributed by atoms with Crippen molar-refractivity contribution < 1.29 is 0 Å². The molecular weight excluding hydrogens is 338 g/mol. The molecule has 0 aliphatic carbocycles. The van der Waals surface area contributed by atoms with Crippen molar-refractivity contribution in [3.05, 3.63) is 75.3 Å². The molecule has 1 nitrogen and oxygen atoms in total. The molecule has 26 heavy (non-hydrogen) atoms. The molecule has 1 unspecified atom stereocenters. The van der Waals surface area contributed by atoms with Crippen LogP contribution in [0.4, 0.5) is 0 Å². The van der Waals surface area contributed by atoms with E-state index in [0.717, 1.165) is 17.9 Å². The average molecular weight is 366 g/mol. The van der Waals surface area contributed by atoms with Crippen LogP contribution in [-0.4, -0.2) is 0 Å². The van der Waals surface area contributed by atoms with Crippen molar-refractivity contribution in [2.24, 2.45) is 0 Å². The van der Waals surface area contributed by atoms with Gasteiger partial charge < -0.3 is 0 Å². The molecule has 136 valence electrons. The Hall–Kier alpha value is -2.04. The standard InChI is InChI=1S/C24H28ClN/c1-5-7-8-23(24-15-22(25)14-13-20(24)6-2)18(4)17(3)21-11-9-19(16-26)10-12-21/h9-15,17H,5-8H2,1-4H3/b23-18+. The van der Waals surface area contributed by atoms with Gasteiger partial charge in [-0.15, -0.1) is 0 Å². The van der Waals surface area contributed by atoms with E-state index < -0.39 is 0 Å². The average Bonchev–Trinajstić information content (AvgIpc) is 2.67. The van der Waals surface area contributed by atoms with Gasteiger partial charge in [-0.2, -0.15) is 5.26 Å². The minimum atomic E-state index is 0.304. The van der Waals surface area contributed by atoms with Crippen molar-refractivity contribution >= 4 is 17.2 Å². The molecule has 0 heterocycles. The molecule has 0 spiro atoms. The quantitative estimate of drug-likeness (QED) is 0.497. The molecule has 0 N–H and O–H groups in total. The first-order valence-electron chi connectivity index (χ1n) is 9.50. The Balaban J connectivity index is 2.52. The number of hydrogen-bond acceptors (Lipinski definition) is 1. The molecule has 0 amide bonds. The van der Waals surface area contributed by atoms with Crippen molar-refractivity contribution in [2.75, 3.05) is 0 Å². The molecule has 0 aliphatic rings. The molecule has 2 heteroatoms. The predicted octanol–water partition coefficient (Wildman–Crippen LogP) is 7.54. The molecule has 0 radical (unpaired) electrons. The number of aryl methyl sites for hydroxylation is 1. The SMILES string of the molecule is CCCC/C(=C(/C)C(C)c1ccc(C#N)cc1)c1cc(Cl)ccc1CC. The van der Waals surface area contributed by atoms with Gasteiger partial charge in [0.15, 0.2) is 0 Å². The lowest BCUT2D eigenvalue weighted by Gasteiger charge is -2.21. The molecular formula is C24H28ClN. The highest BCUT2D eigenvalue weighted by atomic mass is 35.5. The zero-order chi connectivity index (χ0) is 19.1. The largest absolute Gasteiger partial charge is 0.192 e. The normalized spacial score (nSPS) is 13.1. The topological polar surface area (TPSA) is 23.8 Å². The third kappa shape index (κ3) is 4.77. The van der Waals surface area contributed by atoms with Crippen LogP contribution in [0.25, 0.3) is 5.57 Å². The lowest BCUT2D eigenvalue weighted by atomic mass is 9.84. The van der Waals surface area contributed by atoms with Crippen molar-refractivity contribution in [3.63, 3.8) is 0 Å². The summed E-state index contributed by atoms with van der Waals surface area (Å²) in [4.78, 5) is 0. The fourth-order valence-electron chi connectivity index (χ4n) is 3.39. The van der Waals surface area contributed by atoms with Gasteiger partial charge in [0.1, 0.15) is 0 Å². The Bertz CT molecular complexity index is 809. The van der Waals surface area contributed by atoms with Gasteiger partial charge in [-0.05, 0) is 72.7 Å². The van der Waals surface area contributed by atoms with Crippen molar-refractivity contribution in [1.82, 2.24) is 0 Å². The van der Waals surface area contributed by atoms with Crippen molar-refractivity contribution in [1.29, 1.82) is 5.26 Å². The third-order valence-electron chi connectivity index (χ3n) is 5.22. The predicted molar refractivity (Wildman–Crippen MR) is 113 cm³/mol. The highest BCUT2D eigenvalue weighted by molar-refractivity contribution is 6.30. The van der Waals surface area contributed by atoms with E-state index in [1.54, 1.807) is 0 Å². The van der Waals surface area contributed by atoms with E-state index in [1.165, 1.54) is 40.7 Å². The van der Waals surface area contributed by atoms with E-state index >= 15 is 0 Å². The number of allylic oxidation sites excluding steroid dienone is 2. The molecule has 0 saturated heterocycles. The molecule has 1 atom stereocenters. The molecule has 0 aliphatic heterocycles. The third-order valence-corrected chi connectivity index (χ3v) is 5.46. The lowest BCUT2D eigenvalue weighted by molar-refractivity contribution is 0.807. The van der Waals surface area contributed by atoms with Crippen LogP contribution in [0, 0.1) is 11.3 Å². The summed E-state index contributed by atoms with van der Waals surface area (Å²) in [5.74, 6) is 0.304. The van der Waals surface area contributed by atoms with Crippen LogP contribution in [0.1, 0.15) is 75.1 Å². The lowest BCUT2D eigenvalue weighted by Crippen LogP contribution is -2.02. The van der Waals surface area contributed by atoms with Gasteiger partial charge in [-0.1, -0.05) is 62.6 Å². The number of nitriles is 1. The second-order valence-electron chi connectivity index (χ2n) is 6.88. The first-order valence-corrected chi connectivity index (χ1v) is 9.88. The van der Waals surface area contributed by atoms with Crippen LogP contribution >= 0.6 is 11.6 Å². The fourth-order valence-corrected chi connectivity index (χ4v) is 3.57. The van der Waals surface area contributed by atoms with Gasteiger partial charge in [-0.3, -0.25) is 0 Å². The number of unbranched alkanes of at least 4 members (excludes halogenated alkanes) is 1. The molecule has 0 aromatic heterocycles. The van der Waals surface area contributed by atoms with Gasteiger partial charge in [-0.25, -0.2) is 0 Å². The number of rotatable bonds is 7. The van der Waals surface area contributed by atoms with E-state index in [2.05, 4.69) is 58.0 Å². The summed E-state index contributed by atoms with van der Waals surface area (Å²) in [5, 5.41) is 9.82. The maximum absolute atomic E-state index is 9.02. The van der Waals surface area contributed by atoms with Gasteiger partial charge in [0.05, 0.1) is 11.6 Å². The maximum Gasteiger partial charge on any atom is 0.0991 e. The first-order chi connectivity index (χ1) is 12.5. The molecule has 2 rings (SSSR count). The van der Waals surface area contributed by atoms with Crippen LogP contribution in [0.3, 0.4) is 0 Å². The highest BCUT2D eigenvalue weighted by Crippen LogP contribution is 2.36. The summed E-state index contributed by atoms with van der Waals surface area (Å²) in [6.45, 7) is 8.92. The summed E-state index contributed by atoms with van der Waals surface area (Å²) in [5.41, 5.74) is 7.41. The van der Waals surface area contributed by atoms with Gasteiger partial charge in [0.2, 0.25) is 0 Å². The molecule has 0 fully saturated rings. The molecule has 2 aromatic rings. The summed E-state index contributed by atoms with van der Waals surface area (Å²) >= 11 is 6.33. The summed E-state index contributed by atoms with van der Waals surface area (Å²) in [6.07, 6.45) is 4.41. The Kier molecular flexibility index (Phi) is 7.49. The van der Waals surface area contributed by atoms with E-state index in [0.29, 0.717) is 11.5 Å². The van der Waals surface area contributed by atoms with Crippen LogP contribution in [0.2, 0.25) is 5.02 Å². The van der Waals surface area contributed by atoms with E-state index in [4.69, 9.17) is 16.9 Å². The van der Waals surface area contributed by atoms with Crippen molar-refractivity contribution in [2.45, 2.75) is 59.3 Å². The van der Waals surface area contributed by atoms with Crippen LogP contribution in [0.5, 0.6) is 0 Å². The first kappa shape index (κ1) is 20.3. The van der Waals surface area contributed by atoms with Crippen LogP contribution in [-0.2, 0) is 6.42 Å². The highest BCUT2D eigenvalue weighted by Gasteiger charge is 2.16. The van der Waals surface area contributed by atoms with E-state index in [9.17, 15) is 0 Å². The fraction of sp³-hybridized carbons (Fsp3) is 0.375. The summed E-state index contributed by atoms with van der Waals surface area (Å²) < 4.78 is 0. The van der Waals surface area contributed by atoms with Crippen molar-refractivity contribution in [3.8, 4) is 6.07 Å². The number of halogens is 1. The number of benzene rings is 2.